The molecule has 1 spiro atoms. The minimum Gasteiger partial charge on any atom is -0.321 e. The predicted octanol–water partition coefficient (Wildman–Crippen LogP) is 2.68. The summed E-state index contributed by atoms with van der Waals surface area (Å²) in [5, 5.41) is 3.60. The number of aromatic nitrogens is 2. The Balaban J connectivity index is 1.79. The van der Waals surface area contributed by atoms with Crippen LogP contribution in [-0.2, 0) is 0 Å². The smallest absolute Gasteiger partial charge is 0.224 e. The summed E-state index contributed by atoms with van der Waals surface area (Å²) in [6.45, 7) is 3.19. The Labute approximate surface area is 117 Å². The lowest BCUT2D eigenvalue weighted by Crippen LogP contribution is -2.52. The van der Waals surface area contributed by atoms with Crippen molar-refractivity contribution in [1.82, 2.24) is 9.97 Å². The maximum atomic E-state index is 5.95. The van der Waals surface area contributed by atoms with Crippen molar-refractivity contribution in [2.24, 2.45) is 10.9 Å². The Morgan fingerprint density at radius 2 is 2.42 bits per heavy atom. The average Bonchev–Trinajstić information content (AvgIpc) is 2.89. The number of guanidine groups is 1. The fraction of sp³-hybridized carbons (Fsp3) is 0.615. The lowest BCUT2D eigenvalue weighted by Gasteiger charge is -2.42. The third-order valence-electron chi connectivity index (χ3n) is 4.47. The van der Waals surface area contributed by atoms with Gasteiger partial charge in [-0.25, -0.2) is 4.98 Å². The Kier molecular flexibility index (Phi) is 2.31. The van der Waals surface area contributed by atoms with E-state index < -0.39 is 0 Å². The molecule has 19 heavy (non-hydrogen) atoms. The van der Waals surface area contributed by atoms with Gasteiger partial charge >= 0.3 is 0 Å². The lowest BCUT2D eigenvalue weighted by atomic mass is 9.76. The van der Waals surface area contributed by atoms with E-state index in [1.54, 1.807) is 6.20 Å². The summed E-state index contributed by atoms with van der Waals surface area (Å²) in [5.41, 5.74) is 1.02. The summed E-state index contributed by atoms with van der Waals surface area (Å²) in [6.07, 6.45) is 6.66. The van der Waals surface area contributed by atoms with Crippen LogP contribution in [0.15, 0.2) is 11.2 Å². The second-order valence-corrected chi connectivity index (χ2v) is 6.24. The minimum absolute atomic E-state index is 0.100. The van der Waals surface area contributed by atoms with Gasteiger partial charge in [-0.15, -0.1) is 0 Å². The van der Waals surface area contributed by atoms with Gasteiger partial charge in [0, 0.05) is 0 Å². The van der Waals surface area contributed by atoms with Gasteiger partial charge in [0.15, 0.2) is 5.82 Å². The van der Waals surface area contributed by atoms with Gasteiger partial charge in [-0.3, -0.25) is 9.89 Å². The number of hydrogen-bond donors (Lipinski definition) is 1. The van der Waals surface area contributed by atoms with Gasteiger partial charge in [-0.1, -0.05) is 19.8 Å². The molecule has 1 fully saturated rings. The maximum Gasteiger partial charge on any atom is 0.224 e. The maximum absolute atomic E-state index is 5.95. The fourth-order valence-corrected chi connectivity index (χ4v) is 3.85. The second-order valence-electron chi connectivity index (χ2n) is 5.90. The first kappa shape index (κ1) is 11.5. The van der Waals surface area contributed by atoms with E-state index in [0.29, 0.717) is 5.28 Å². The van der Waals surface area contributed by atoms with E-state index in [2.05, 4.69) is 32.1 Å². The summed E-state index contributed by atoms with van der Waals surface area (Å²) in [6, 6.07) is 0. The van der Waals surface area contributed by atoms with Gasteiger partial charge in [0.25, 0.3) is 0 Å². The highest BCUT2D eigenvalue weighted by molar-refractivity contribution is 6.28. The molecule has 100 valence electrons. The molecule has 5 nitrogen and oxygen atoms in total. The number of anilines is 2. The van der Waals surface area contributed by atoms with Crippen molar-refractivity contribution in [3.8, 4) is 0 Å². The zero-order valence-corrected chi connectivity index (χ0v) is 11.6. The van der Waals surface area contributed by atoms with E-state index in [1.807, 2.05) is 0 Å². The normalized spacial score (nSPS) is 32.0. The van der Waals surface area contributed by atoms with Crippen molar-refractivity contribution < 1.29 is 0 Å². The quantitative estimate of drug-likeness (QED) is 0.741. The van der Waals surface area contributed by atoms with Gasteiger partial charge < -0.3 is 5.32 Å². The zero-order chi connectivity index (χ0) is 13.0. The van der Waals surface area contributed by atoms with E-state index >= 15 is 0 Å². The van der Waals surface area contributed by atoms with E-state index in [4.69, 9.17) is 11.6 Å². The first-order valence-electron chi connectivity index (χ1n) is 6.82. The summed E-state index contributed by atoms with van der Waals surface area (Å²) in [4.78, 5) is 15.4. The number of hydrogen-bond acceptors (Lipinski definition) is 5. The summed E-state index contributed by atoms with van der Waals surface area (Å²) >= 11 is 5.95. The molecule has 0 radical (unpaired) electrons. The highest BCUT2D eigenvalue weighted by Gasteiger charge is 2.50. The molecular weight excluding hydrogens is 262 g/mol. The van der Waals surface area contributed by atoms with Crippen molar-refractivity contribution in [3.05, 3.63) is 11.5 Å². The zero-order valence-electron chi connectivity index (χ0n) is 10.9. The van der Waals surface area contributed by atoms with E-state index in [0.717, 1.165) is 29.9 Å². The molecule has 1 aromatic heterocycles. The second kappa shape index (κ2) is 3.82. The first-order valence-corrected chi connectivity index (χ1v) is 7.20. The Hall–Kier alpha value is -1.36. The Morgan fingerprint density at radius 1 is 1.53 bits per heavy atom. The topological polar surface area (TPSA) is 53.4 Å². The minimum atomic E-state index is 0.100. The molecule has 0 bridgehead atoms. The molecular formula is C13H16ClN5. The Morgan fingerprint density at radius 3 is 3.26 bits per heavy atom. The fourth-order valence-electron chi connectivity index (χ4n) is 3.72. The van der Waals surface area contributed by atoms with E-state index in [1.165, 1.54) is 25.7 Å². The number of aliphatic imine (C=N–C) groups is 1. The van der Waals surface area contributed by atoms with Crippen molar-refractivity contribution >= 4 is 29.1 Å². The standard InChI is InChI=1S/C13H16ClN5/c1-8-3-2-4-13(5-8)7-16-12-17-9-6-15-11(14)18-10(9)19(12)13/h6,8H,2-5,7H2,1H3,(H,16,17). The van der Waals surface area contributed by atoms with Gasteiger partial charge in [0.05, 0.1) is 18.3 Å². The largest absolute Gasteiger partial charge is 0.321 e. The monoisotopic (exact) mass is 277 g/mol. The van der Waals surface area contributed by atoms with Gasteiger partial charge in [-0.2, -0.15) is 4.98 Å². The van der Waals surface area contributed by atoms with Crippen LogP contribution in [0.1, 0.15) is 32.6 Å². The SMILES string of the molecule is CC1CCCC2(CN=C3Nc4cnc(Cl)nc4N32)C1. The molecule has 4 rings (SSSR count). The summed E-state index contributed by atoms with van der Waals surface area (Å²) < 4.78 is 0. The van der Waals surface area contributed by atoms with E-state index in [-0.39, 0.29) is 5.54 Å². The number of nitrogens with one attached hydrogen (secondary N) is 1. The highest BCUT2D eigenvalue weighted by atomic mass is 35.5. The molecule has 0 saturated heterocycles. The van der Waals surface area contributed by atoms with Crippen LogP contribution in [0.25, 0.3) is 0 Å². The molecule has 0 amide bonds. The van der Waals surface area contributed by atoms with Crippen LogP contribution >= 0.6 is 11.6 Å². The molecule has 1 N–H and O–H groups in total. The number of fused-ring (bicyclic) bond motifs is 4. The first-order chi connectivity index (χ1) is 9.18. The molecule has 1 saturated carbocycles. The molecule has 1 aromatic rings. The highest BCUT2D eigenvalue weighted by Crippen LogP contribution is 2.46. The van der Waals surface area contributed by atoms with Crippen molar-refractivity contribution in [3.63, 3.8) is 0 Å². The van der Waals surface area contributed by atoms with Crippen LogP contribution in [0, 0.1) is 5.92 Å². The van der Waals surface area contributed by atoms with Gasteiger partial charge in [0.2, 0.25) is 11.2 Å². The molecule has 3 heterocycles. The molecule has 2 atom stereocenters. The summed E-state index contributed by atoms with van der Waals surface area (Å²) in [5.74, 6) is 2.55. The van der Waals surface area contributed by atoms with Crippen molar-refractivity contribution in [2.45, 2.75) is 38.1 Å². The average molecular weight is 278 g/mol. The summed E-state index contributed by atoms with van der Waals surface area (Å²) in [7, 11) is 0. The van der Waals surface area contributed by atoms with Crippen LogP contribution in [0.2, 0.25) is 5.28 Å². The molecule has 1 aliphatic carbocycles. The molecule has 3 aliphatic rings. The van der Waals surface area contributed by atoms with Crippen molar-refractivity contribution in [2.75, 3.05) is 16.8 Å². The third kappa shape index (κ3) is 1.57. The van der Waals surface area contributed by atoms with E-state index in [9.17, 15) is 0 Å². The number of halogens is 1. The van der Waals surface area contributed by atoms with Crippen LogP contribution < -0.4 is 10.2 Å². The van der Waals surface area contributed by atoms with Crippen LogP contribution in [-0.4, -0.2) is 28.0 Å². The molecule has 2 unspecified atom stereocenters. The lowest BCUT2D eigenvalue weighted by molar-refractivity contribution is 0.253. The van der Waals surface area contributed by atoms with Crippen molar-refractivity contribution in [1.29, 1.82) is 0 Å². The molecule has 0 aromatic carbocycles. The van der Waals surface area contributed by atoms with Crippen LogP contribution in [0.4, 0.5) is 11.5 Å². The van der Waals surface area contributed by atoms with Gasteiger partial charge in [-0.05, 0) is 30.4 Å². The van der Waals surface area contributed by atoms with Gasteiger partial charge in [0.1, 0.15) is 5.69 Å². The number of rotatable bonds is 0. The molecule has 6 heteroatoms. The van der Waals surface area contributed by atoms with Crippen LogP contribution in [0.3, 0.4) is 0 Å². The third-order valence-corrected chi connectivity index (χ3v) is 4.66. The number of nitrogens with zero attached hydrogens (tertiary/aromatic N) is 4. The van der Waals surface area contributed by atoms with Crippen LogP contribution in [0.5, 0.6) is 0 Å². The predicted molar refractivity (Wildman–Crippen MR) is 75.8 cm³/mol. The Bertz CT molecular complexity index is 572. The molecule has 2 aliphatic heterocycles.